The number of benzene rings is 1. The van der Waals surface area contributed by atoms with Crippen LogP contribution in [-0.2, 0) is 5.44 Å². The molecule has 0 aliphatic carbocycles. The maximum Gasteiger partial charge on any atom is 0.136 e. The fourth-order valence-corrected chi connectivity index (χ4v) is 1.44. The van der Waals surface area contributed by atoms with Crippen LogP contribution in [0, 0.1) is 5.82 Å². The molecule has 0 fully saturated rings. The number of hydrogen-bond acceptors (Lipinski definition) is 2. The smallest absolute Gasteiger partial charge is 0.136 e. The second-order valence-corrected chi connectivity index (χ2v) is 4.15. The van der Waals surface area contributed by atoms with Gasteiger partial charge in [0.05, 0.1) is 6.61 Å². The van der Waals surface area contributed by atoms with Gasteiger partial charge in [-0.15, -0.1) is 0 Å². The zero-order valence-corrected chi connectivity index (χ0v) is 8.81. The fourth-order valence-electron chi connectivity index (χ4n) is 0.975. The molecule has 70 valence electrons. The van der Waals surface area contributed by atoms with Crippen LogP contribution in [0.25, 0.3) is 0 Å². The molecule has 0 unspecified atom stereocenters. The first-order valence-corrected chi connectivity index (χ1v) is 4.61. The predicted molar refractivity (Wildman–Crippen MR) is 55.6 cm³/mol. The number of halogens is 2. The van der Waals surface area contributed by atoms with Crippen LogP contribution in [0.4, 0.5) is 4.39 Å². The molecule has 1 atom stereocenters. The lowest BCUT2D eigenvalue weighted by molar-refractivity contribution is 0.247. The Morgan fingerprint density at radius 1 is 1.54 bits per heavy atom. The summed E-state index contributed by atoms with van der Waals surface area (Å²) < 4.78 is 13.5. The molecule has 0 saturated carbocycles. The molecule has 0 heterocycles. The Morgan fingerprint density at radius 2 is 2.15 bits per heavy atom. The van der Waals surface area contributed by atoms with Crippen LogP contribution in [0.5, 0.6) is 0 Å². The zero-order valence-electron chi connectivity index (χ0n) is 7.22. The van der Waals surface area contributed by atoms with Crippen molar-refractivity contribution in [1.82, 2.24) is 0 Å². The summed E-state index contributed by atoms with van der Waals surface area (Å²) in [6.45, 7) is -0.219. The molecule has 1 aromatic rings. The molecule has 0 aliphatic rings. The first-order valence-electron chi connectivity index (χ1n) is 3.82. The Morgan fingerprint density at radius 3 is 2.62 bits per heavy atom. The Kier molecular flexibility index (Phi) is 3.11. The third-order valence-corrected chi connectivity index (χ3v) is 2.31. The van der Waals surface area contributed by atoms with E-state index in [1.54, 1.807) is 13.9 Å². The van der Waals surface area contributed by atoms with Crippen molar-refractivity contribution in [2.75, 3.05) is 6.61 Å². The highest BCUT2D eigenvalue weighted by molar-refractivity contribution is 9.10. The number of aliphatic hydroxyl groups is 1. The molecule has 13 heavy (non-hydrogen) atoms. The van der Waals surface area contributed by atoms with E-state index in [-0.39, 0.29) is 12.4 Å². The maximum atomic E-state index is 12.9. The lowest BCUT2D eigenvalue weighted by Crippen LogP contribution is -2.41. The van der Waals surface area contributed by atoms with Crippen molar-refractivity contribution < 1.29 is 9.50 Å². The molecule has 0 aliphatic heterocycles. The second-order valence-electron chi connectivity index (χ2n) is 3.23. The third kappa shape index (κ3) is 2.53. The van der Waals surface area contributed by atoms with E-state index >= 15 is 0 Å². The topological polar surface area (TPSA) is 46.2 Å². The highest BCUT2D eigenvalue weighted by Gasteiger charge is 2.20. The number of aliphatic hydroxyl groups excluding tert-OH is 1. The van der Waals surface area contributed by atoms with Gasteiger partial charge in [0.15, 0.2) is 0 Å². The first-order chi connectivity index (χ1) is 5.95. The van der Waals surface area contributed by atoms with E-state index in [1.807, 2.05) is 0 Å². The summed E-state index contributed by atoms with van der Waals surface area (Å²) in [6.07, 6.45) is 0. The average Bonchev–Trinajstić information content (AvgIpc) is 2.02. The van der Waals surface area contributed by atoms with Crippen LogP contribution in [0.3, 0.4) is 0 Å². The fraction of sp³-hybridized carbons (Fsp3) is 0.250. The molecular weight excluding hydrogens is 236 g/mol. The molecule has 1 rings (SSSR count). The highest BCUT2D eigenvalue weighted by atomic mass is 79.9. The molecule has 0 spiro atoms. The maximum absolute atomic E-state index is 12.9. The minimum atomic E-state index is -0.898. The zero-order chi connectivity index (χ0) is 10.1. The van der Waals surface area contributed by atoms with Gasteiger partial charge in [-0.2, -0.15) is 0 Å². The van der Waals surface area contributed by atoms with Crippen molar-refractivity contribution in [3.8, 4) is 0 Å². The number of rotatable bonds is 2. The number of nitrogens with two attached hydrogens (primary N) is 1. The average molecular weight is 246 g/mol. The Bertz CT molecular complexity index is 299. The Balaban J connectivity index is 3.15. The van der Waals surface area contributed by atoms with Gasteiger partial charge < -0.3 is 10.8 Å². The van der Waals surface area contributed by atoms with Crippen molar-refractivity contribution >= 4 is 23.8 Å². The van der Waals surface area contributed by atoms with Crippen molar-refractivity contribution in [3.63, 3.8) is 0 Å². The van der Waals surface area contributed by atoms with E-state index in [4.69, 9.17) is 10.8 Å². The monoisotopic (exact) mass is 245 g/mol. The first kappa shape index (κ1) is 10.7. The summed E-state index contributed by atoms with van der Waals surface area (Å²) in [5.74, 6) is -0.366. The molecule has 0 bridgehead atoms. The molecule has 2 nitrogen and oxygen atoms in total. The van der Waals surface area contributed by atoms with Crippen LogP contribution < -0.4 is 5.73 Å². The third-order valence-electron chi connectivity index (χ3n) is 1.85. The van der Waals surface area contributed by atoms with Crippen LogP contribution in [-0.4, -0.2) is 19.6 Å². The van der Waals surface area contributed by atoms with Gasteiger partial charge >= 0.3 is 0 Å². The lowest BCUT2D eigenvalue weighted by Gasteiger charge is -2.22. The molecule has 0 saturated heterocycles. The van der Waals surface area contributed by atoms with Gasteiger partial charge in [0.2, 0.25) is 0 Å². The lowest BCUT2D eigenvalue weighted by atomic mass is 9.74. The van der Waals surface area contributed by atoms with E-state index in [0.29, 0.717) is 10.0 Å². The van der Waals surface area contributed by atoms with E-state index in [0.717, 1.165) is 0 Å². The van der Waals surface area contributed by atoms with Crippen LogP contribution >= 0.6 is 15.9 Å². The molecule has 0 amide bonds. The van der Waals surface area contributed by atoms with Gasteiger partial charge in [-0.3, -0.25) is 0 Å². The summed E-state index contributed by atoms with van der Waals surface area (Å²) >= 11 is 3.16. The van der Waals surface area contributed by atoms with Gasteiger partial charge in [-0.05, 0) is 23.8 Å². The van der Waals surface area contributed by atoms with Gasteiger partial charge in [-0.25, -0.2) is 4.39 Å². The standard InChI is InChI=1S/C8H10BBrFNO/c9-8(12,4-13)5-1-6(10)3-7(11)2-5/h1-3,13H,4,9,12H2/t8-/m1/s1. The molecular formula is C8H10BBrFNO. The summed E-state index contributed by atoms with van der Waals surface area (Å²) in [5.41, 5.74) is 5.41. The summed E-state index contributed by atoms with van der Waals surface area (Å²) in [6, 6.07) is 4.36. The molecule has 0 radical (unpaired) electrons. The highest BCUT2D eigenvalue weighted by Crippen LogP contribution is 2.20. The van der Waals surface area contributed by atoms with Gasteiger partial charge in [0.25, 0.3) is 0 Å². The van der Waals surface area contributed by atoms with Gasteiger partial charge in [-0.1, -0.05) is 15.9 Å². The van der Waals surface area contributed by atoms with E-state index < -0.39 is 5.44 Å². The Hall–Kier alpha value is -0.385. The number of hydrogen-bond donors (Lipinski definition) is 2. The summed E-state index contributed by atoms with van der Waals surface area (Å²) in [4.78, 5) is 0. The molecule has 0 aromatic heterocycles. The van der Waals surface area contributed by atoms with Gasteiger partial charge in [0.1, 0.15) is 13.7 Å². The van der Waals surface area contributed by atoms with E-state index in [1.165, 1.54) is 12.1 Å². The van der Waals surface area contributed by atoms with Crippen molar-refractivity contribution in [2.45, 2.75) is 5.44 Å². The van der Waals surface area contributed by atoms with E-state index in [2.05, 4.69) is 15.9 Å². The predicted octanol–water partition coefficient (Wildman–Crippen LogP) is 0.325. The normalized spacial score (nSPS) is 15.4. The van der Waals surface area contributed by atoms with Crippen LogP contribution in [0.2, 0.25) is 0 Å². The van der Waals surface area contributed by atoms with Crippen molar-refractivity contribution in [3.05, 3.63) is 34.1 Å². The molecule has 5 heteroatoms. The van der Waals surface area contributed by atoms with Crippen molar-refractivity contribution in [1.29, 1.82) is 0 Å². The minimum Gasteiger partial charge on any atom is -0.395 e. The largest absolute Gasteiger partial charge is 0.395 e. The van der Waals surface area contributed by atoms with Crippen molar-refractivity contribution in [2.24, 2.45) is 5.73 Å². The molecule has 3 N–H and O–H groups in total. The van der Waals surface area contributed by atoms with Gasteiger partial charge in [0, 0.05) is 9.91 Å². The Labute approximate surface area is 85.5 Å². The quantitative estimate of drug-likeness (QED) is 0.738. The summed E-state index contributed by atoms with van der Waals surface area (Å²) in [5, 5.41) is 8.97. The van der Waals surface area contributed by atoms with E-state index in [9.17, 15) is 4.39 Å². The second kappa shape index (κ2) is 3.78. The molecule has 1 aromatic carbocycles. The summed E-state index contributed by atoms with van der Waals surface area (Å²) in [7, 11) is 1.65. The van der Waals surface area contributed by atoms with Crippen LogP contribution in [0.1, 0.15) is 5.56 Å². The SMILES string of the molecule is B[C@@](N)(CO)c1cc(F)cc(Br)c1. The minimum absolute atomic E-state index is 0.219. The van der Waals surface area contributed by atoms with Crippen LogP contribution in [0.15, 0.2) is 22.7 Å².